The van der Waals surface area contributed by atoms with Gasteiger partial charge in [0, 0.05) is 36.2 Å². The van der Waals surface area contributed by atoms with E-state index in [0.717, 1.165) is 22.6 Å². The summed E-state index contributed by atoms with van der Waals surface area (Å²) < 4.78 is 55.4. The fraction of sp³-hybridized carbons (Fsp3) is 0.478. The molecular weight excluding hydrogens is 429 g/mol. The van der Waals surface area contributed by atoms with Crippen LogP contribution in [0.3, 0.4) is 0 Å². The molecule has 1 atom stereocenters. The number of hydrogen-bond acceptors (Lipinski definition) is 5. The summed E-state index contributed by atoms with van der Waals surface area (Å²) in [4.78, 5) is 1.01. The molecule has 31 heavy (non-hydrogen) atoms. The second-order valence-corrected chi connectivity index (χ2v) is 8.13. The third-order valence-corrected chi connectivity index (χ3v) is 5.78. The first kappa shape index (κ1) is 25.4. The Morgan fingerprint density at radius 1 is 1.00 bits per heavy atom. The van der Waals surface area contributed by atoms with Crippen molar-refractivity contribution in [3.8, 4) is 11.5 Å². The molecule has 0 aromatic heterocycles. The smallest absolute Gasteiger partial charge is 0.416 e. The number of halogens is 3. The Morgan fingerprint density at radius 3 is 2.19 bits per heavy atom. The Hall–Kier alpha value is -1.90. The normalized spacial score (nSPS) is 12.9. The zero-order chi connectivity index (χ0) is 22.9. The lowest BCUT2D eigenvalue weighted by Crippen LogP contribution is -2.26. The van der Waals surface area contributed by atoms with Gasteiger partial charge >= 0.3 is 6.18 Å². The van der Waals surface area contributed by atoms with Crippen LogP contribution in [0.1, 0.15) is 31.4 Å². The Bertz CT molecular complexity index is 790. The molecule has 0 saturated heterocycles. The molecule has 0 radical (unpaired) electrons. The Kier molecular flexibility index (Phi) is 9.99. The fourth-order valence-electron chi connectivity index (χ4n) is 2.90. The minimum absolute atomic E-state index is 0.0319. The van der Waals surface area contributed by atoms with Gasteiger partial charge in [-0.25, -0.2) is 0 Å². The highest BCUT2D eigenvalue weighted by molar-refractivity contribution is 7.99. The maximum atomic E-state index is 12.8. The van der Waals surface area contributed by atoms with Crippen LogP contribution in [0.2, 0.25) is 0 Å². The molecule has 2 rings (SSSR count). The van der Waals surface area contributed by atoms with Crippen LogP contribution in [0.5, 0.6) is 11.5 Å². The number of rotatable bonds is 12. The van der Waals surface area contributed by atoms with Crippen LogP contribution >= 0.6 is 11.8 Å². The topological polar surface area (TPSA) is 47.9 Å². The number of hydrogen-bond donors (Lipinski definition) is 1. The van der Waals surface area contributed by atoms with Gasteiger partial charge in [0.25, 0.3) is 0 Å². The lowest BCUT2D eigenvalue weighted by molar-refractivity contribution is -0.146. The molecule has 4 nitrogen and oxygen atoms in total. The molecule has 0 heterocycles. The number of ether oxygens (including phenoxy) is 3. The van der Waals surface area contributed by atoms with Gasteiger partial charge in [-0.3, -0.25) is 0 Å². The second-order valence-electron chi connectivity index (χ2n) is 7.03. The summed E-state index contributed by atoms with van der Waals surface area (Å²) in [5.74, 6) is 1.36. The standard InChI is InChI=1S/C23H29F3O4S/c1-4-28-22(29-5-2)13-17(15-31-20-10-11-21(27)16(3)12-20)14-30-19-8-6-18(7-9-19)23(24,25)26/h6-12,17,22,27H,4-5,13-15H2,1-3H3. The second kappa shape index (κ2) is 12.2. The Morgan fingerprint density at radius 2 is 1.65 bits per heavy atom. The highest BCUT2D eigenvalue weighted by Gasteiger charge is 2.30. The van der Waals surface area contributed by atoms with Gasteiger partial charge in [-0.1, -0.05) is 0 Å². The van der Waals surface area contributed by atoms with Crippen molar-refractivity contribution in [2.75, 3.05) is 25.6 Å². The van der Waals surface area contributed by atoms with Gasteiger partial charge in [0.15, 0.2) is 6.29 Å². The Balaban J connectivity index is 2.04. The third-order valence-electron chi connectivity index (χ3n) is 4.55. The zero-order valence-corrected chi connectivity index (χ0v) is 18.8. The predicted octanol–water partition coefficient (Wildman–Crippen LogP) is 6.30. The van der Waals surface area contributed by atoms with Gasteiger partial charge in [0.2, 0.25) is 0 Å². The van der Waals surface area contributed by atoms with Crippen LogP contribution in [0.15, 0.2) is 47.4 Å². The summed E-state index contributed by atoms with van der Waals surface area (Å²) in [6, 6.07) is 10.1. The summed E-state index contributed by atoms with van der Waals surface area (Å²) in [5.41, 5.74) is 0.0893. The summed E-state index contributed by atoms with van der Waals surface area (Å²) in [6.45, 7) is 6.97. The number of aromatic hydroxyl groups is 1. The SMILES string of the molecule is CCOC(CC(COc1ccc(C(F)(F)F)cc1)CSc1ccc(O)c(C)c1)OCC. The quantitative estimate of drug-likeness (QED) is 0.299. The number of phenols is 1. The van der Waals surface area contributed by atoms with E-state index in [-0.39, 0.29) is 18.0 Å². The third kappa shape index (κ3) is 8.63. The number of aryl methyl sites for hydroxylation is 1. The molecular formula is C23H29F3O4S. The molecule has 1 unspecified atom stereocenters. The summed E-state index contributed by atoms with van der Waals surface area (Å²) in [6.07, 6.45) is -4.16. The van der Waals surface area contributed by atoms with Crippen LogP contribution < -0.4 is 4.74 Å². The van der Waals surface area contributed by atoms with E-state index >= 15 is 0 Å². The van der Waals surface area contributed by atoms with E-state index in [0.29, 0.717) is 37.7 Å². The maximum Gasteiger partial charge on any atom is 0.416 e. The van der Waals surface area contributed by atoms with Crippen LogP contribution in [-0.2, 0) is 15.7 Å². The molecule has 2 aromatic carbocycles. The van der Waals surface area contributed by atoms with Gasteiger partial charge in [-0.05, 0) is 68.8 Å². The van der Waals surface area contributed by atoms with Crippen molar-refractivity contribution in [2.45, 2.75) is 44.6 Å². The average molecular weight is 459 g/mol. The van der Waals surface area contributed by atoms with Crippen molar-refractivity contribution in [2.24, 2.45) is 5.92 Å². The van der Waals surface area contributed by atoms with Crippen LogP contribution in [0, 0.1) is 12.8 Å². The van der Waals surface area contributed by atoms with Gasteiger partial charge in [0.05, 0.1) is 12.2 Å². The predicted molar refractivity (Wildman–Crippen MR) is 116 cm³/mol. The maximum absolute atomic E-state index is 12.8. The van der Waals surface area contributed by atoms with E-state index in [1.54, 1.807) is 17.8 Å². The lowest BCUT2D eigenvalue weighted by Gasteiger charge is -2.23. The largest absolute Gasteiger partial charge is 0.508 e. The first-order valence-corrected chi connectivity index (χ1v) is 11.2. The molecule has 0 bridgehead atoms. The molecule has 8 heteroatoms. The van der Waals surface area contributed by atoms with Crippen molar-refractivity contribution in [1.82, 2.24) is 0 Å². The highest BCUT2D eigenvalue weighted by atomic mass is 32.2. The van der Waals surface area contributed by atoms with Crippen molar-refractivity contribution in [3.63, 3.8) is 0 Å². The molecule has 0 aliphatic carbocycles. The van der Waals surface area contributed by atoms with Gasteiger partial charge < -0.3 is 19.3 Å². The van der Waals surface area contributed by atoms with Crippen molar-refractivity contribution in [3.05, 3.63) is 53.6 Å². The summed E-state index contributed by atoms with van der Waals surface area (Å²) >= 11 is 1.62. The van der Waals surface area contributed by atoms with E-state index in [4.69, 9.17) is 14.2 Å². The van der Waals surface area contributed by atoms with E-state index in [1.165, 1.54) is 12.1 Å². The summed E-state index contributed by atoms with van der Waals surface area (Å²) in [5, 5.41) is 9.71. The molecule has 2 aromatic rings. The molecule has 0 spiro atoms. The Labute approximate surface area is 185 Å². The molecule has 1 N–H and O–H groups in total. The van der Waals surface area contributed by atoms with Crippen molar-refractivity contribution >= 4 is 11.8 Å². The van der Waals surface area contributed by atoms with E-state index in [1.807, 2.05) is 32.9 Å². The first-order chi connectivity index (χ1) is 14.7. The minimum atomic E-state index is -4.37. The molecule has 0 saturated carbocycles. The number of thioether (sulfide) groups is 1. The van der Waals surface area contributed by atoms with Crippen LogP contribution in [0.4, 0.5) is 13.2 Å². The number of alkyl halides is 3. The van der Waals surface area contributed by atoms with Crippen molar-refractivity contribution in [1.29, 1.82) is 0 Å². The zero-order valence-electron chi connectivity index (χ0n) is 17.9. The highest BCUT2D eigenvalue weighted by Crippen LogP contribution is 2.31. The van der Waals surface area contributed by atoms with Gasteiger partial charge in [0.1, 0.15) is 11.5 Å². The van der Waals surface area contributed by atoms with E-state index < -0.39 is 11.7 Å². The molecule has 0 amide bonds. The molecule has 172 valence electrons. The van der Waals surface area contributed by atoms with Gasteiger partial charge in [-0.2, -0.15) is 13.2 Å². The monoisotopic (exact) mass is 458 g/mol. The van der Waals surface area contributed by atoms with Crippen molar-refractivity contribution < 1.29 is 32.5 Å². The number of benzene rings is 2. The van der Waals surface area contributed by atoms with E-state index in [9.17, 15) is 18.3 Å². The van der Waals surface area contributed by atoms with E-state index in [2.05, 4.69) is 0 Å². The average Bonchev–Trinajstić information content (AvgIpc) is 2.72. The van der Waals surface area contributed by atoms with Gasteiger partial charge in [-0.15, -0.1) is 11.8 Å². The number of phenolic OH excluding ortho intramolecular Hbond substituents is 1. The molecule has 0 aliphatic heterocycles. The van der Waals surface area contributed by atoms with Crippen LogP contribution in [-0.4, -0.2) is 37.0 Å². The minimum Gasteiger partial charge on any atom is -0.508 e. The fourth-order valence-corrected chi connectivity index (χ4v) is 3.98. The first-order valence-electron chi connectivity index (χ1n) is 10.2. The molecule has 0 fully saturated rings. The molecule has 0 aliphatic rings. The lowest BCUT2D eigenvalue weighted by atomic mass is 10.1. The summed E-state index contributed by atoms with van der Waals surface area (Å²) in [7, 11) is 0. The van der Waals surface area contributed by atoms with Crippen LogP contribution in [0.25, 0.3) is 0 Å².